The van der Waals surface area contributed by atoms with Crippen LogP contribution in [0.1, 0.15) is 36.0 Å². The van der Waals surface area contributed by atoms with Gasteiger partial charge in [-0.2, -0.15) is 0 Å². The van der Waals surface area contributed by atoms with Crippen LogP contribution < -0.4 is 5.32 Å². The highest BCUT2D eigenvalue weighted by molar-refractivity contribution is 5.96. The van der Waals surface area contributed by atoms with Gasteiger partial charge in [-0.25, -0.2) is 0 Å². The highest BCUT2D eigenvalue weighted by Gasteiger charge is 2.27. The molecule has 1 aliphatic carbocycles. The Hall–Kier alpha value is -3.15. The molecule has 0 saturated heterocycles. The molecule has 0 spiro atoms. The van der Waals surface area contributed by atoms with Crippen LogP contribution in [0.5, 0.6) is 0 Å². The summed E-state index contributed by atoms with van der Waals surface area (Å²) in [5.41, 5.74) is 3.16. The molecule has 1 saturated carbocycles. The first-order valence-electron chi connectivity index (χ1n) is 9.47. The monoisotopic (exact) mass is 378 g/mol. The summed E-state index contributed by atoms with van der Waals surface area (Å²) in [6.07, 6.45) is 6.43. The maximum absolute atomic E-state index is 12.6. The van der Waals surface area contributed by atoms with Gasteiger partial charge in [0.25, 0.3) is 5.91 Å². The molecule has 1 fully saturated rings. The molecule has 1 aliphatic rings. The molecule has 0 atom stereocenters. The maximum Gasteiger partial charge on any atom is 0.308 e. The minimum absolute atomic E-state index is 0.0458. The molecule has 0 aliphatic heterocycles. The standard InChI is InChI=1S/C22H22N2O4/c1-27-22(26)16-6-8-17(9-7-16)24-21(25)15-4-2-14(3-5-15)20-18-11-13-28-19(18)10-12-23-20/h2-5,10-13,16-17H,6-9H2,1H3,(H,24,25). The Morgan fingerprint density at radius 1 is 1.07 bits per heavy atom. The number of aromatic nitrogens is 1. The number of hydrogen-bond donors (Lipinski definition) is 1. The molecule has 6 heteroatoms. The van der Waals surface area contributed by atoms with E-state index < -0.39 is 0 Å². The van der Waals surface area contributed by atoms with Gasteiger partial charge in [0.1, 0.15) is 5.58 Å². The van der Waals surface area contributed by atoms with Crippen LogP contribution >= 0.6 is 0 Å². The first-order valence-corrected chi connectivity index (χ1v) is 9.47. The second-order valence-corrected chi connectivity index (χ2v) is 7.11. The lowest BCUT2D eigenvalue weighted by molar-refractivity contribution is -0.146. The van der Waals surface area contributed by atoms with E-state index in [1.165, 1.54) is 7.11 Å². The minimum Gasteiger partial charge on any atom is -0.469 e. The average Bonchev–Trinajstić information content (AvgIpc) is 3.23. The van der Waals surface area contributed by atoms with Crippen molar-refractivity contribution in [2.45, 2.75) is 31.7 Å². The SMILES string of the molecule is COC(=O)C1CCC(NC(=O)c2ccc(-c3nccc4occc34)cc2)CC1. The van der Waals surface area contributed by atoms with E-state index in [1.807, 2.05) is 36.4 Å². The predicted octanol–water partition coefficient (Wildman–Crippen LogP) is 3.96. The van der Waals surface area contributed by atoms with Crippen LogP contribution in [0, 0.1) is 5.92 Å². The molecule has 2 heterocycles. The van der Waals surface area contributed by atoms with E-state index in [9.17, 15) is 9.59 Å². The van der Waals surface area contributed by atoms with E-state index in [0.717, 1.165) is 47.9 Å². The number of hydrogen-bond acceptors (Lipinski definition) is 5. The largest absolute Gasteiger partial charge is 0.469 e. The summed E-state index contributed by atoms with van der Waals surface area (Å²) in [5.74, 6) is -0.292. The number of rotatable bonds is 4. The number of furan rings is 1. The maximum atomic E-state index is 12.6. The van der Waals surface area contributed by atoms with Crippen molar-refractivity contribution in [1.29, 1.82) is 0 Å². The summed E-state index contributed by atoms with van der Waals surface area (Å²) < 4.78 is 10.2. The van der Waals surface area contributed by atoms with Gasteiger partial charge in [-0.05, 0) is 49.9 Å². The average molecular weight is 378 g/mol. The number of ether oxygens (including phenoxy) is 1. The summed E-state index contributed by atoms with van der Waals surface area (Å²) in [4.78, 5) is 28.6. The Bertz CT molecular complexity index is 985. The Morgan fingerprint density at radius 2 is 1.82 bits per heavy atom. The van der Waals surface area contributed by atoms with Crippen LogP contribution in [0.25, 0.3) is 22.2 Å². The van der Waals surface area contributed by atoms with Crippen LogP contribution in [0.4, 0.5) is 0 Å². The topological polar surface area (TPSA) is 81.4 Å². The third-order valence-electron chi connectivity index (χ3n) is 5.40. The first-order chi connectivity index (χ1) is 13.7. The Morgan fingerprint density at radius 3 is 2.54 bits per heavy atom. The lowest BCUT2D eigenvalue weighted by Gasteiger charge is -2.27. The van der Waals surface area contributed by atoms with Crippen molar-refractivity contribution in [2.75, 3.05) is 7.11 Å². The fourth-order valence-corrected chi connectivity index (χ4v) is 3.81. The Kier molecular flexibility index (Phi) is 5.10. The summed E-state index contributed by atoms with van der Waals surface area (Å²) in [6.45, 7) is 0. The Labute approximate surface area is 162 Å². The van der Waals surface area contributed by atoms with E-state index >= 15 is 0 Å². The molecule has 144 valence electrons. The van der Waals surface area contributed by atoms with Gasteiger partial charge < -0.3 is 14.5 Å². The van der Waals surface area contributed by atoms with Gasteiger partial charge in [-0.1, -0.05) is 12.1 Å². The zero-order valence-electron chi connectivity index (χ0n) is 15.7. The Balaban J connectivity index is 1.41. The molecule has 6 nitrogen and oxygen atoms in total. The van der Waals surface area contributed by atoms with Crippen molar-refractivity contribution >= 4 is 22.8 Å². The number of benzene rings is 1. The molecule has 3 aromatic rings. The second-order valence-electron chi connectivity index (χ2n) is 7.11. The van der Waals surface area contributed by atoms with E-state index in [-0.39, 0.29) is 23.8 Å². The van der Waals surface area contributed by atoms with Crippen LogP contribution in [0.15, 0.2) is 53.3 Å². The van der Waals surface area contributed by atoms with Crippen LogP contribution in [-0.2, 0) is 9.53 Å². The molecular formula is C22H22N2O4. The molecule has 28 heavy (non-hydrogen) atoms. The number of carbonyl (C=O) groups is 2. The quantitative estimate of drug-likeness (QED) is 0.695. The molecule has 1 amide bonds. The van der Waals surface area contributed by atoms with Gasteiger partial charge in [0.2, 0.25) is 0 Å². The number of pyridine rings is 1. The van der Waals surface area contributed by atoms with E-state index in [1.54, 1.807) is 12.5 Å². The normalized spacial score (nSPS) is 19.3. The molecule has 1 N–H and O–H groups in total. The zero-order chi connectivity index (χ0) is 19.5. The van der Waals surface area contributed by atoms with Crippen LogP contribution in [0.3, 0.4) is 0 Å². The summed E-state index contributed by atoms with van der Waals surface area (Å²) >= 11 is 0. The number of fused-ring (bicyclic) bond motifs is 1. The number of amides is 1. The van der Waals surface area contributed by atoms with Gasteiger partial charge in [0, 0.05) is 28.8 Å². The van der Waals surface area contributed by atoms with Gasteiger partial charge >= 0.3 is 5.97 Å². The van der Waals surface area contributed by atoms with Gasteiger partial charge in [-0.15, -0.1) is 0 Å². The zero-order valence-corrected chi connectivity index (χ0v) is 15.7. The van der Waals surface area contributed by atoms with Crippen molar-refractivity contribution in [3.05, 3.63) is 54.4 Å². The first kappa shape index (κ1) is 18.2. The van der Waals surface area contributed by atoms with Gasteiger partial charge in [0.05, 0.1) is 25.0 Å². The number of carbonyl (C=O) groups excluding carboxylic acids is 2. The third kappa shape index (κ3) is 3.63. The predicted molar refractivity (Wildman–Crippen MR) is 105 cm³/mol. The van der Waals surface area contributed by atoms with Crippen molar-refractivity contribution in [3.8, 4) is 11.3 Å². The number of nitrogens with zero attached hydrogens (tertiary/aromatic N) is 1. The fourth-order valence-electron chi connectivity index (χ4n) is 3.81. The molecule has 1 aromatic carbocycles. The molecule has 0 bridgehead atoms. The van der Waals surface area contributed by atoms with E-state index in [4.69, 9.17) is 9.15 Å². The number of methoxy groups -OCH3 is 1. The van der Waals surface area contributed by atoms with Crippen molar-refractivity contribution in [3.63, 3.8) is 0 Å². The molecule has 4 rings (SSSR count). The van der Waals surface area contributed by atoms with Crippen molar-refractivity contribution in [2.24, 2.45) is 5.92 Å². The van der Waals surface area contributed by atoms with Crippen molar-refractivity contribution in [1.82, 2.24) is 10.3 Å². The lowest BCUT2D eigenvalue weighted by atomic mass is 9.86. The van der Waals surface area contributed by atoms with Gasteiger partial charge in [-0.3, -0.25) is 14.6 Å². The fraction of sp³-hybridized carbons (Fsp3) is 0.318. The van der Waals surface area contributed by atoms with E-state index in [0.29, 0.717) is 5.56 Å². The van der Waals surface area contributed by atoms with Crippen LogP contribution in [-0.4, -0.2) is 30.0 Å². The summed E-state index contributed by atoms with van der Waals surface area (Å²) in [5, 5.41) is 4.02. The smallest absolute Gasteiger partial charge is 0.308 e. The summed E-state index contributed by atoms with van der Waals surface area (Å²) in [6, 6.07) is 11.2. The second kappa shape index (κ2) is 7.84. The highest BCUT2D eigenvalue weighted by atomic mass is 16.5. The van der Waals surface area contributed by atoms with Crippen LogP contribution in [0.2, 0.25) is 0 Å². The number of nitrogens with one attached hydrogen (secondary N) is 1. The third-order valence-corrected chi connectivity index (χ3v) is 5.40. The molecule has 2 aromatic heterocycles. The summed E-state index contributed by atoms with van der Waals surface area (Å²) in [7, 11) is 1.42. The van der Waals surface area contributed by atoms with Gasteiger partial charge in [0.15, 0.2) is 0 Å². The van der Waals surface area contributed by atoms with E-state index in [2.05, 4.69) is 10.3 Å². The molecule has 0 unspecified atom stereocenters. The lowest BCUT2D eigenvalue weighted by Crippen LogP contribution is -2.38. The highest BCUT2D eigenvalue weighted by Crippen LogP contribution is 2.28. The number of esters is 1. The van der Waals surface area contributed by atoms with Crippen molar-refractivity contribution < 1.29 is 18.7 Å². The minimum atomic E-state index is -0.151. The molecule has 0 radical (unpaired) electrons. The molecular weight excluding hydrogens is 356 g/mol.